The number of amides is 1. The number of hydrogen-bond donors (Lipinski definition) is 0. The minimum absolute atomic E-state index is 0.000496. The van der Waals surface area contributed by atoms with Gasteiger partial charge in [-0.15, -0.1) is 11.3 Å². The molecule has 3 aromatic heterocycles. The molecule has 10 heteroatoms. The lowest BCUT2D eigenvalue weighted by atomic mass is 10.1. The second kappa shape index (κ2) is 9.86. The fourth-order valence-corrected chi connectivity index (χ4v) is 4.77. The summed E-state index contributed by atoms with van der Waals surface area (Å²) in [5.74, 6) is 1.30. The molecule has 176 valence electrons. The molecule has 1 saturated heterocycles. The van der Waals surface area contributed by atoms with Crippen molar-refractivity contribution in [1.29, 1.82) is 0 Å². The minimum atomic E-state index is 0.000496. The number of nitrogens with zero attached hydrogens (tertiary/aromatic N) is 7. The van der Waals surface area contributed by atoms with Gasteiger partial charge < -0.3 is 9.42 Å². The van der Waals surface area contributed by atoms with E-state index in [-0.39, 0.29) is 5.91 Å². The highest BCUT2D eigenvalue weighted by Crippen LogP contribution is 2.24. The van der Waals surface area contributed by atoms with Crippen molar-refractivity contribution in [2.24, 2.45) is 7.05 Å². The smallest absolute Gasteiger partial charge is 0.273 e. The molecular formula is C24H27N7O2S. The Morgan fingerprint density at radius 3 is 2.62 bits per heavy atom. The molecule has 4 heterocycles. The topological polar surface area (TPSA) is 93.2 Å². The van der Waals surface area contributed by atoms with Gasteiger partial charge in [0, 0.05) is 62.4 Å². The van der Waals surface area contributed by atoms with Crippen molar-refractivity contribution in [3.8, 4) is 22.0 Å². The molecule has 0 bridgehead atoms. The van der Waals surface area contributed by atoms with Crippen LogP contribution in [0.1, 0.15) is 28.4 Å². The van der Waals surface area contributed by atoms with E-state index in [1.165, 1.54) is 16.9 Å². The Hall–Kier alpha value is -3.37. The molecule has 0 atom stereocenters. The maximum atomic E-state index is 12.9. The molecule has 34 heavy (non-hydrogen) atoms. The minimum Gasteiger partial charge on any atom is -0.339 e. The first-order valence-corrected chi connectivity index (χ1v) is 12.3. The number of carbonyl (C=O) groups is 1. The van der Waals surface area contributed by atoms with Crippen LogP contribution in [0.25, 0.3) is 22.0 Å². The third-order valence-electron chi connectivity index (χ3n) is 5.98. The van der Waals surface area contributed by atoms with Crippen molar-refractivity contribution in [2.45, 2.75) is 19.8 Å². The first kappa shape index (κ1) is 22.4. The maximum absolute atomic E-state index is 12.9. The number of carbonyl (C=O) groups excluding carboxylic acids is 1. The van der Waals surface area contributed by atoms with E-state index in [1.807, 2.05) is 47.8 Å². The van der Waals surface area contributed by atoms with Crippen LogP contribution in [0.2, 0.25) is 0 Å². The van der Waals surface area contributed by atoms with Crippen LogP contribution in [0.5, 0.6) is 0 Å². The molecule has 5 rings (SSSR count). The van der Waals surface area contributed by atoms with Crippen LogP contribution < -0.4 is 0 Å². The molecule has 1 aliphatic rings. The number of aryl methyl sites for hydroxylation is 3. The summed E-state index contributed by atoms with van der Waals surface area (Å²) in [6.07, 6.45) is 5.35. The van der Waals surface area contributed by atoms with Gasteiger partial charge in [0.1, 0.15) is 10.7 Å². The molecule has 0 N–H and O–H groups in total. The molecular weight excluding hydrogens is 450 g/mol. The van der Waals surface area contributed by atoms with E-state index in [4.69, 9.17) is 4.52 Å². The second-order valence-electron chi connectivity index (χ2n) is 8.56. The van der Waals surface area contributed by atoms with E-state index in [0.29, 0.717) is 30.5 Å². The monoisotopic (exact) mass is 477 g/mol. The van der Waals surface area contributed by atoms with E-state index >= 15 is 0 Å². The maximum Gasteiger partial charge on any atom is 0.273 e. The fourth-order valence-electron chi connectivity index (χ4n) is 4.00. The zero-order valence-corrected chi connectivity index (χ0v) is 20.2. The molecule has 1 fully saturated rings. The average Bonchev–Trinajstić information content (AvgIpc) is 3.61. The van der Waals surface area contributed by atoms with Crippen LogP contribution in [-0.4, -0.2) is 73.3 Å². The normalized spacial score (nSPS) is 14.6. The lowest BCUT2D eigenvalue weighted by Gasteiger charge is -2.34. The van der Waals surface area contributed by atoms with Gasteiger partial charge in [-0.05, 0) is 19.9 Å². The van der Waals surface area contributed by atoms with Crippen molar-refractivity contribution >= 4 is 17.2 Å². The Morgan fingerprint density at radius 1 is 1.09 bits per heavy atom. The highest BCUT2D eigenvalue weighted by molar-refractivity contribution is 7.13. The molecule has 0 radical (unpaired) electrons. The Bertz CT molecular complexity index is 1250. The van der Waals surface area contributed by atoms with Gasteiger partial charge in [0.2, 0.25) is 11.7 Å². The highest BCUT2D eigenvalue weighted by Gasteiger charge is 2.24. The van der Waals surface area contributed by atoms with Crippen molar-refractivity contribution in [2.75, 3.05) is 32.7 Å². The van der Waals surface area contributed by atoms with Crippen molar-refractivity contribution < 1.29 is 9.32 Å². The average molecular weight is 478 g/mol. The largest absolute Gasteiger partial charge is 0.339 e. The lowest BCUT2D eigenvalue weighted by molar-refractivity contribution is 0.0630. The number of rotatable bonds is 7. The summed E-state index contributed by atoms with van der Waals surface area (Å²) in [6, 6.07) is 8.11. The van der Waals surface area contributed by atoms with Crippen LogP contribution in [0.15, 0.2) is 46.6 Å². The van der Waals surface area contributed by atoms with Gasteiger partial charge in [0.05, 0.1) is 6.20 Å². The lowest BCUT2D eigenvalue weighted by Crippen LogP contribution is -2.49. The van der Waals surface area contributed by atoms with E-state index in [1.54, 1.807) is 10.9 Å². The van der Waals surface area contributed by atoms with Crippen LogP contribution in [0.4, 0.5) is 0 Å². The Kier molecular flexibility index (Phi) is 6.50. The van der Waals surface area contributed by atoms with E-state index in [0.717, 1.165) is 48.6 Å². The quantitative estimate of drug-likeness (QED) is 0.403. The SMILES string of the molecule is Cc1ccc(-c2noc(CCCN3CCN(C(=O)c4csc(-c5cnn(C)c5)n4)CC3)n2)cc1. The standard InChI is InChI=1S/C24H27N7O2S/c1-17-5-7-18(8-6-17)22-27-21(33-28-22)4-3-9-30-10-12-31(13-11-30)24(32)20-16-34-23(26-20)19-14-25-29(2)15-19/h5-8,14-16H,3-4,9-13H2,1-2H3. The number of piperazine rings is 1. The van der Waals surface area contributed by atoms with Gasteiger partial charge in [0.25, 0.3) is 5.91 Å². The summed E-state index contributed by atoms with van der Waals surface area (Å²) in [6.45, 7) is 6.10. The van der Waals surface area contributed by atoms with E-state index < -0.39 is 0 Å². The van der Waals surface area contributed by atoms with Gasteiger partial charge in [0.15, 0.2) is 0 Å². The van der Waals surface area contributed by atoms with Gasteiger partial charge >= 0.3 is 0 Å². The third kappa shape index (κ3) is 5.07. The highest BCUT2D eigenvalue weighted by atomic mass is 32.1. The molecule has 4 aromatic rings. The van der Waals surface area contributed by atoms with E-state index in [9.17, 15) is 4.79 Å². The zero-order valence-electron chi connectivity index (χ0n) is 19.3. The summed E-state index contributed by atoms with van der Waals surface area (Å²) in [7, 11) is 1.87. The molecule has 0 aliphatic carbocycles. The van der Waals surface area contributed by atoms with Crippen LogP contribution in [0.3, 0.4) is 0 Å². The summed E-state index contributed by atoms with van der Waals surface area (Å²) in [4.78, 5) is 26.2. The van der Waals surface area contributed by atoms with Crippen LogP contribution in [0, 0.1) is 6.92 Å². The predicted octanol–water partition coefficient (Wildman–Crippen LogP) is 3.29. The fraction of sp³-hybridized carbons (Fsp3) is 0.375. The molecule has 9 nitrogen and oxygen atoms in total. The molecule has 1 aliphatic heterocycles. The van der Waals surface area contributed by atoms with Crippen molar-refractivity contribution in [3.05, 3.63) is 59.2 Å². The Labute approximate surface area is 202 Å². The Balaban J connectivity index is 1.07. The number of thiazole rings is 1. The van der Waals surface area contributed by atoms with Crippen molar-refractivity contribution in [1.82, 2.24) is 34.7 Å². The molecule has 0 saturated carbocycles. The molecule has 1 aromatic carbocycles. The number of aromatic nitrogens is 5. The van der Waals surface area contributed by atoms with Crippen LogP contribution in [-0.2, 0) is 13.5 Å². The van der Waals surface area contributed by atoms with Gasteiger partial charge in [-0.3, -0.25) is 14.4 Å². The summed E-state index contributed by atoms with van der Waals surface area (Å²) >= 11 is 1.48. The summed E-state index contributed by atoms with van der Waals surface area (Å²) in [5.41, 5.74) is 3.62. The first-order chi connectivity index (χ1) is 16.5. The Morgan fingerprint density at radius 2 is 1.88 bits per heavy atom. The summed E-state index contributed by atoms with van der Waals surface area (Å²) < 4.78 is 7.16. The van der Waals surface area contributed by atoms with Gasteiger partial charge in [-0.1, -0.05) is 35.0 Å². The molecule has 0 unspecified atom stereocenters. The number of hydrogen-bond acceptors (Lipinski definition) is 8. The van der Waals surface area contributed by atoms with Gasteiger partial charge in [-0.2, -0.15) is 10.1 Å². The van der Waals surface area contributed by atoms with Gasteiger partial charge in [-0.25, -0.2) is 4.98 Å². The molecule has 1 amide bonds. The zero-order chi connectivity index (χ0) is 23.5. The second-order valence-corrected chi connectivity index (χ2v) is 9.41. The predicted molar refractivity (Wildman–Crippen MR) is 129 cm³/mol. The first-order valence-electron chi connectivity index (χ1n) is 11.4. The number of benzene rings is 1. The summed E-state index contributed by atoms with van der Waals surface area (Å²) in [5, 5.41) is 10.9. The van der Waals surface area contributed by atoms with Crippen molar-refractivity contribution in [3.63, 3.8) is 0 Å². The van der Waals surface area contributed by atoms with Crippen LogP contribution >= 0.6 is 11.3 Å². The molecule has 0 spiro atoms. The van der Waals surface area contributed by atoms with E-state index in [2.05, 4.69) is 32.0 Å². The third-order valence-corrected chi connectivity index (χ3v) is 6.87.